The highest BCUT2D eigenvalue weighted by molar-refractivity contribution is 5.96. The maximum Gasteiger partial charge on any atom is 0.258 e. The van der Waals surface area contributed by atoms with Gasteiger partial charge >= 0.3 is 0 Å². The number of rotatable bonds is 12. The number of carbonyl (C=O) groups is 1. The van der Waals surface area contributed by atoms with Gasteiger partial charge in [-0.1, -0.05) is 77.3 Å². The average molecular weight is 512 g/mol. The van der Waals surface area contributed by atoms with Crippen LogP contribution in [0, 0.1) is 13.8 Å². The molecule has 2 aromatic carbocycles. The molecular formula is C33H53NO3. The molecule has 0 saturated carbocycles. The van der Waals surface area contributed by atoms with Crippen LogP contribution in [0.4, 0.5) is 0 Å². The van der Waals surface area contributed by atoms with E-state index in [1.807, 2.05) is 45.0 Å². The Kier molecular flexibility index (Phi) is 18.1. The van der Waals surface area contributed by atoms with Crippen molar-refractivity contribution in [2.24, 2.45) is 0 Å². The number of amides is 1. The van der Waals surface area contributed by atoms with Crippen molar-refractivity contribution < 1.29 is 14.6 Å². The second-order valence-electron chi connectivity index (χ2n) is 9.61. The smallest absolute Gasteiger partial charge is 0.258 e. The molecule has 2 rings (SSSR count). The number of methoxy groups -OCH3 is 1. The SMILES string of the molecule is C=CN(C(=O)c1ccccc1C)C(C)Cc1cc(OC)c(CCCCCCC)cc1C.CC.CC(C)O. The van der Waals surface area contributed by atoms with Gasteiger partial charge in [-0.25, -0.2) is 0 Å². The van der Waals surface area contributed by atoms with E-state index in [2.05, 4.69) is 39.5 Å². The van der Waals surface area contributed by atoms with Crippen LogP contribution in [0.5, 0.6) is 5.75 Å². The van der Waals surface area contributed by atoms with E-state index in [9.17, 15) is 4.79 Å². The van der Waals surface area contributed by atoms with Crippen LogP contribution in [0.3, 0.4) is 0 Å². The fraction of sp³-hybridized carbons (Fsp3) is 0.545. The van der Waals surface area contributed by atoms with Gasteiger partial charge < -0.3 is 14.7 Å². The number of aryl methyl sites for hydroxylation is 3. The molecule has 4 nitrogen and oxygen atoms in total. The van der Waals surface area contributed by atoms with E-state index >= 15 is 0 Å². The van der Waals surface area contributed by atoms with E-state index in [4.69, 9.17) is 9.84 Å². The van der Waals surface area contributed by atoms with Gasteiger partial charge in [-0.2, -0.15) is 0 Å². The number of hydrogen-bond donors (Lipinski definition) is 1. The van der Waals surface area contributed by atoms with Crippen molar-refractivity contribution >= 4 is 5.91 Å². The summed E-state index contributed by atoms with van der Waals surface area (Å²) >= 11 is 0. The summed E-state index contributed by atoms with van der Waals surface area (Å²) in [6, 6.07) is 12.1. The zero-order valence-electron chi connectivity index (χ0n) is 25.1. The fourth-order valence-electron chi connectivity index (χ4n) is 4.15. The molecule has 0 aliphatic carbocycles. The highest BCUT2D eigenvalue weighted by Crippen LogP contribution is 2.27. The predicted octanol–water partition coefficient (Wildman–Crippen LogP) is 8.46. The predicted molar refractivity (Wildman–Crippen MR) is 160 cm³/mol. The third-order valence-electron chi connectivity index (χ3n) is 6.09. The Bertz CT molecular complexity index is 917. The monoisotopic (exact) mass is 511 g/mol. The molecular weight excluding hydrogens is 458 g/mol. The van der Waals surface area contributed by atoms with Gasteiger partial charge in [-0.15, -0.1) is 0 Å². The van der Waals surface area contributed by atoms with E-state index in [0.717, 1.165) is 29.7 Å². The average Bonchev–Trinajstić information content (AvgIpc) is 2.86. The number of aliphatic hydroxyl groups is 1. The van der Waals surface area contributed by atoms with Crippen molar-refractivity contribution in [2.45, 2.75) is 112 Å². The molecule has 208 valence electrons. The minimum Gasteiger partial charge on any atom is -0.496 e. The fourth-order valence-corrected chi connectivity index (χ4v) is 4.15. The highest BCUT2D eigenvalue weighted by atomic mass is 16.5. The maximum atomic E-state index is 13.1. The van der Waals surface area contributed by atoms with Gasteiger partial charge in [0.05, 0.1) is 7.11 Å². The zero-order valence-corrected chi connectivity index (χ0v) is 25.1. The van der Waals surface area contributed by atoms with E-state index < -0.39 is 0 Å². The number of carbonyl (C=O) groups excluding carboxylic acids is 1. The molecule has 0 aliphatic heterocycles. The molecule has 0 saturated heterocycles. The van der Waals surface area contributed by atoms with Crippen molar-refractivity contribution in [1.82, 2.24) is 4.90 Å². The topological polar surface area (TPSA) is 49.8 Å². The maximum absolute atomic E-state index is 13.1. The number of benzene rings is 2. The van der Waals surface area contributed by atoms with Crippen molar-refractivity contribution in [3.8, 4) is 5.75 Å². The molecule has 2 aromatic rings. The van der Waals surface area contributed by atoms with Gasteiger partial charge in [0.1, 0.15) is 5.75 Å². The lowest BCUT2D eigenvalue weighted by molar-refractivity contribution is 0.0778. The highest BCUT2D eigenvalue weighted by Gasteiger charge is 2.21. The first-order chi connectivity index (χ1) is 17.7. The van der Waals surface area contributed by atoms with Gasteiger partial charge in [0, 0.05) is 23.9 Å². The van der Waals surface area contributed by atoms with Crippen molar-refractivity contribution in [3.63, 3.8) is 0 Å². The number of unbranched alkanes of at least 4 members (excludes halogenated alkanes) is 4. The molecule has 0 spiro atoms. The van der Waals surface area contributed by atoms with Gasteiger partial charge in [0.15, 0.2) is 0 Å². The molecule has 0 heterocycles. The summed E-state index contributed by atoms with van der Waals surface area (Å²) in [5.41, 5.74) is 5.45. The Morgan fingerprint density at radius 3 is 2.14 bits per heavy atom. The Morgan fingerprint density at radius 2 is 1.59 bits per heavy atom. The van der Waals surface area contributed by atoms with E-state index in [1.54, 1.807) is 32.1 Å². The molecule has 0 radical (unpaired) electrons. The minimum atomic E-state index is -0.167. The Hall–Kier alpha value is -2.59. The van der Waals surface area contributed by atoms with Crippen molar-refractivity contribution in [3.05, 3.63) is 77.0 Å². The molecule has 1 N–H and O–H groups in total. The summed E-state index contributed by atoms with van der Waals surface area (Å²) < 4.78 is 5.72. The van der Waals surface area contributed by atoms with Gasteiger partial charge in [0.25, 0.3) is 5.91 Å². The summed E-state index contributed by atoms with van der Waals surface area (Å²) in [6.45, 7) is 19.8. The van der Waals surface area contributed by atoms with Crippen LogP contribution in [-0.4, -0.2) is 35.2 Å². The van der Waals surface area contributed by atoms with E-state index in [1.165, 1.54) is 48.8 Å². The molecule has 37 heavy (non-hydrogen) atoms. The summed E-state index contributed by atoms with van der Waals surface area (Å²) in [6.07, 6.45) is 9.63. The Morgan fingerprint density at radius 1 is 1.00 bits per heavy atom. The molecule has 1 atom stereocenters. The number of hydrogen-bond acceptors (Lipinski definition) is 3. The lowest BCUT2D eigenvalue weighted by Crippen LogP contribution is -2.36. The molecule has 0 aromatic heterocycles. The molecule has 0 aliphatic rings. The van der Waals surface area contributed by atoms with Crippen LogP contribution in [0.2, 0.25) is 0 Å². The zero-order chi connectivity index (χ0) is 28.4. The first-order valence-corrected chi connectivity index (χ1v) is 14.0. The normalized spacial score (nSPS) is 11.0. The van der Waals surface area contributed by atoms with E-state index in [0.29, 0.717) is 0 Å². The first kappa shape index (κ1) is 34.4. The van der Waals surface area contributed by atoms with Gasteiger partial charge in [0.2, 0.25) is 0 Å². The minimum absolute atomic E-state index is 0.00563. The van der Waals surface area contributed by atoms with Gasteiger partial charge in [-0.05, 0) is 88.3 Å². The standard InChI is InChI=1S/C28H39NO2.C3H8O.C2H6/c1-7-9-10-11-12-16-24-18-22(4)25(20-27(24)31-6)19-23(5)29(8-2)28(30)26-17-14-13-15-21(26)3;1-3(2)4;1-2/h8,13-15,17-18,20,23H,2,7,9-12,16,19H2,1,3-6H3;3-4H,1-2H3;1-2H3. The Labute approximate surface area is 227 Å². The van der Waals surface area contributed by atoms with Crippen molar-refractivity contribution in [1.29, 1.82) is 0 Å². The third kappa shape index (κ3) is 12.5. The molecule has 4 heteroatoms. The number of nitrogens with zero attached hydrogens (tertiary/aromatic N) is 1. The van der Waals surface area contributed by atoms with Crippen LogP contribution < -0.4 is 4.74 Å². The van der Waals surface area contributed by atoms with Crippen LogP contribution in [-0.2, 0) is 12.8 Å². The Balaban J connectivity index is 0.00000196. The molecule has 1 unspecified atom stereocenters. The van der Waals surface area contributed by atoms with Crippen LogP contribution >= 0.6 is 0 Å². The first-order valence-electron chi connectivity index (χ1n) is 14.0. The van der Waals surface area contributed by atoms with E-state index in [-0.39, 0.29) is 18.1 Å². The second kappa shape index (κ2) is 19.5. The quantitative estimate of drug-likeness (QED) is 0.291. The van der Waals surface area contributed by atoms with Crippen LogP contribution in [0.15, 0.2) is 49.2 Å². The summed E-state index contributed by atoms with van der Waals surface area (Å²) in [5, 5.41) is 8.06. The van der Waals surface area contributed by atoms with Crippen LogP contribution in [0.1, 0.15) is 106 Å². The van der Waals surface area contributed by atoms with Crippen LogP contribution in [0.25, 0.3) is 0 Å². The molecule has 1 amide bonds. The van der Waals surface area contributed by atoms with Gasteiger partial charge in [-0.3, -0.25) is 4.79 Å². The summed E-state index contributed by atoms with van der Waals surface area (Å²) in [7, 11) is 1.75. The molecule has 0 bridgehead atoms. The largest absolute Gasteiger partial charge is 0.496 e. The number of ether oxygens (including phenoxy) is 1. The lowest BCUT2D eigenvalue weighted by Gasteiger charge is -2.27. The lowest BCUT2D eigenvalue weighted by atomic mass is 9.95. The van der Waals surface area contributed by atoms with Crippen molar-refractivity contribution in [2.75, 3.05) is 7.11 Å². The third-order valence-corrected chi connectivity index (χ3v) is 6.09. The molecule has 0 fully saturated rings. The second-order valence-corrected chi connectivity index (χ2v) is 9.61. The summed E-state index contributed by atoms with van der Waals surface area (Å²) in [5.74, 6) is 0.951. The summed E-state index contributed by atoms with van der Waals surface area (Å²) in [4.78, 5) is 14.9. The number of aliphatic hydroxyl groups excluding tert-OH is 1.